The molecule has 4 heteroatoms. The molecule has 0 aliphatic carbocycles. The van der Waals surface area contributed by atoms with Crippen molar-refractivity contribution in [3.63, 3.8) is 0 Å². The van der Waals surface area contributed by atoms with Crippen molar-refractivity contribution < 1.29 is 5.11 Å². The van der Waals surface area contributed by atoms with Gasteiger partial charge < -0.3 is 15.7 Å². The number of hydrogen-bond acceptors (Lipinski definition) is 4. The highest BCUT2D eigenvalue weighted by atomic mass is 16.3. The predicted octanol–water partition coefficient (Wildman–Crippen LogP) is 1.75. The number of aromatic hydroxyl groups is 1. The van der Waals surface area contributed by atoms with E-state index in [1.807, 2.05) is 6.07 Å². The molecule has 0 saturated heterocycles. The molecule has 1 aromatic rings. The van der Waals surface area contributed by atoms with Crippen molar-refractivity contribution in [3.8, 4) is 5.75 Å². The van der Waals surface area contributed by atoms with Gasteiger partial charge in [-0.25, -0.2) is 0 Å². The lowest BCUT2D eigenvalue weighted by atomic mass is 10.1. The third kappa shape index (κ3) is 4.20. The second-order valence-electron chi connectivity index (χ2n) is 5.06. The Morgan fingerprint density at radius 1 is 1.33 bits per heavy atom. The zero-order chi connectivity index (χ0) is 13.7. The number of nitrogen functional groups attached to an aromatic ring is 1. The molecule has 3 N–H and O–H groups in total. The van der Waals surface area contributed by atoms with E-state index in [4.69, 9.17) is 5.73 Å². The highest BCUT2D eigenvalue weighted by Crippen LogP contribution is 2.22. The number of phenols is 1. The number of benzene rings is 1. The van der Waals surface area contributed by atoms with Crippen LogP contribution in [0.5, 0.6) is 5.75 Å². The minimum absolute atomic E-state index is 0.319. The number of anilines is 1. The minimum Gasteiger partial charge on any atom is -0.508 e. The molecule has 0 spiro atoms. The molecule has 0 aliphatic rings. The van der Waals surface area contributed by atoms with Crippen LogP contribution in [0.3, 0.4) is 0 Å². The van der Waals surface area contributed by atoms with Gasteiger partial charge in [0.05, 0.1) is 0 Å². The number of nitrogens with zero attached hydrogens (tertiary/aromatic N) is 2. The summed E-state index contributed by atoms with van der Waals surface area (Å²) in [6, 6.07) is 5.67. The SMILES string of the molecule is CCN(Cc1cc(N)ccc1O)C(C)CN(C)C. The van der Waals surface area contributed by atoms with E-state index in [-0.39, 0.29) is 0 Å². The molecule has 18 heavy (non-hydrogen) atoms. The first-order valence-electron chi connectivity index (χ1n) is 6.40. The maximum Gasteiger partial charge on any atom is 0.120 e. The summed E-state index contributed by atoms with van der Waals surface area (Å²) in [5.41, 5.74) is 7.35. The minimum atomic E-state index is 0.319. The zero-order valence-electron chi connectivity index (χ0n) is 11.8. The number of phenolic OH excluding ortho intramolecular Hbond substituents is 1. The normalized spacial score (nSPS) is 13.2. The number of hydrogen-bond donors (Lipinski definition) is 2. The van der Waals surface area contributed by atoms with E-state index in [1.54, 1.807) is 12.1 Å². The summed E-state index contributed by atoms with van der Waals surface area (Å²) in [5, 5.41) is 9.85. The molecule has 0 fully saturated rings. The van der Waals surface area contributed by atoms with Crippen LogP contribution >= 0.6 is 0 Å². The number of rotatable bonds is 6. The van der Waals surface area contributed by atoms with Gasteiger partial charge in [-0.05, 0) is 45.8 Å². The molecule has 1 atom stereocenters. The average Bonchev–Trinajstić information content (AvgIpc) is 2.29. The van der Waals surface area contributed by atoms with Crippen LogP contribution in [0, 0.1) is 0 Å². The zero-order valence-corrected chi connectivity index (χ0v) is 11.8. The second kappa shape index (κ2) is 6.61. The Hall–Kier alpha value is -1.26. The van der Waals surface area contributed by atoms with E-state index < -0.39 is 0 Å². The van der Waals surface area contributed by atoms with Gasteiger partial charge >= 0.3 is 0 Å². The van der Waals surface area contributed by atoms with Crippen LogP contribution < -0.4 is 5.73 Å². The molecule has 0 radical (unpaired) electrons. The molecule has 0 bridgehead atoms. The van der Waals surface area contributed by atoms with E-state index >= 15 is 0 Å². The molecular formula is C14H25N3O. The lowest BCUT2D eigenvalue weighted by Crippen LogP contribution is -2.39. The van der Waals surface area contributed by atoms with Gasteiger partial charge in [0.2, 0.25) is 0 Å². The van der Waals surface area contributed by atoms with Crippen LogP contribution in [-0.2, 0) is 6.54 Å². The lowest BCUT2D eigenvalue weighted by Gasteiger charge is -2.30. The highest BCUT2D eigenvalue weighted by Gasteiger charge is 2.15. The molecule has 0 aromatic heterocycles. The first-order chi connectivity index (χ1) is 8.43. The molecule has 1 unspecified atom stereocenters. The first kappa shape index (κ1) is 14.8. The monoisotopic (exact) mass is 251 g/mol. The first-order valence-corrected chi connectivity index (χ1v) is 6.40. The Morgan fingerprint density at radius 2 is 2.00 bits per heavy atom. The largest absolute Gasteiger partial charge is 0.508 e. The molecular weight excluding hydrogens is 226 g/mol. The van der Waals surface area contributed by atoms with Crippen molar-refractivity contribution in [2.24, 2.45) is 0 Å². The van der Waals surface area contributed by atoms with Gasteiger partial charge in [-0.2, -0.15) is 0 Å². The van der Waals surface area contributed by atoms with Crippen LogP contribution in [0.2, 0.25) is 0 Å². The fraction of sp³-hybridized carbons (Fsp3) is 0.571. The molecule has 0 saturated carbocycles. The topological polar surface area (TPSA) is 52.7 Å². The van der Waals surface area contributed by atoms with Gasteiger partial charge in [-0.1, -0.05) is 6.92 Å². The van der Waals surface area contributed by atoms with Gasteiger partial charge in [0.15, 0.2) is 0 Å². The fourth-order valence-corrected chi connectivity index (χ4v) is 2.17. The summed E-state index contributed by atoms with van der Waals surface area (Å²) in [6.07, 6.45) is 0. The number of likely N-dealkylation sites (N-methyl/N-ethyl adjacent to an activating group) is 2. The van der Waals surface area contributed by atoms with E-state index in [2.05, 4.69) is 37.7 Å². The van der Waals surface area contributed by atoms with Gasteiger partial charge in [0.25, 0.3) is 0 Å². The Kier molecular flexibility index (Phi) is 5.44. The van der Waals surface area contributed by atoms with E-state index in [0.717, 1.165) is 25.2 Å². The van der Waals surface area contributed by atoms with Crippen molar-refractivity contribution in [3.05, 3.63) is 23.8 Å². The van der Waals surface area contributed by atoms with Crippen molar-refractivity contribution in [1.82, 2.24) is 9.80 Å². The average molecular weight is 251 g/mol. The Bertz CT molecular complexity index is 379. The van der Waals surface area contributed by atoms with E-state index in [9.17, 15) is 5.11 Å². The summed E-state index contributed by atoms with van der Waals surface area (Å²) in [5.74, 6) is 0.319. The maximum atomic E-state index is 9.85. The second-order valence-corrected chi connectivity index (χ2v) is 5.06. The van der Waals surface area contributed by atoms with Crippen LogP contribution in [-0.4, -0.2) is 48.1 Å². The van der Waals surface area contributed by atoms with Crippen molar-refractivity contribution in [2.75, 3.05) is 32.9 Å². The van der Waals surface area contributed by atoms with Gasteiger partial charge in [0, 0.05) is 30.4 Å². The summed E-state index contributed by atoms with van der Waals surface area (Å²) in [6.45, 7) is 7.00. The van der Waals surface area contributed by atoms with Crippen molar-refractivity contribution in [2.45, 2.75) is 26.4 Å². The van der Waals surface area contributed by atoms with Crippen molar-refractivity contribution >= 4 is 5.69 Å². The summed E-state index contributed by atoms with van der Waals surface area (Å²) in [4.78, 5) is 4.50. The highest BCUT2D eigenvalue weighted by molar-refractivity contribution is 5.47. The predicted molar refractivity (Wildman–Crippen MR) is 76.6 cm³/mol. The Balaban J connectivity index is 2.76. The standard InChI is InChI=1S/C14H25N3O/c1-5-17(11(2)9-16(3)4)10-12-8-13(15)6-7-14(12)18/h6-8,11,18H,5,9-10,15H2,1-4H3. The Morgan fingerprint density at radius 3 is 2.56 bits per heavy atom. The third-order valence-electron chi connectivity index (χ3n) is 3.14. The summed E-state index contributed by atoms with van der Waals surface area (Å²) < 4.78 is 0. The smallest absolute Gasteiger partial charge is 0.120 e. The summed E-state index contributed by atoms with van der Waals surface area (Å²) in [7, 11) is 4.14. The molecule has 1 rings (SSSR count). The lowest BCUT2D eigenvalue weighted by molar-refractivity contribution is 0.173. The van der Waals surface area contributed by atoms with Crippen LogP contribution in [0.15, 0.2) is 18.2 Å². The van der Waals surface area contributed by atoms with Gasteiger partial charge in [0.1, 0.15) is 5.75 Å². The molecule has 0 heterocycles. The molecule has 1 aromatic carbocycles. The molecule has 0 aliphatic heterocycles. The molecule has 4 nitrogen and oxygen atoms in total. The fourth-order valence-electron chi connectivity index (χ4n) is 2.17. The van der Waals surface area contributed by atoms with Crippen molar-refractivity contribution in [1.29, 1.82) is 0 Å². The van der Waals surface area contributed by atoms with E-state index in [0.29, 0.717) is 17.5 Å². The van der Waals surface area contributed by atoms with Crippen LogP contribution in [0.25, 0.3) is 0 Å². The van der Waals surface area contributed by atoms with E-state index in [1.165, 1.54) is 0 Å². The quantitative estimate of drug-likeness (QED) is 0.597. The molecule has 102 valence electrons. The van der Waals surface area contributed by atoms with Gasteiger partial charge in [-0.3, -0.25) is 4.90 Å². The molecule has 0 amide bonds. The van der Waals surface area contributed by atoms with Crippen LogP contribution in [0.4, 0.5) is 5.69 Å². The maximum absolute atomic E-state index is 9.85. The van der Waals surface area contributed by atoms with Gasteiger partial charge in [-0.15, -0.1) is 0 Å². The summed E-state index contributed by atoms with van der Waals surface area (Å²) >= 11 is 0. The van der Waals surface area contributed by atoms with Crippen LogP contribution in [0.1, 0.15) is 19.4 Å². The number of nitrogens with two attached hydrogens (primary N) is 1. The Labute approximate surface area is 110 Å². The third-order valence-corrected chi connectivity index (χ3v) is 3.14.